The Hall–Kier alpha value is -1.55. The molecule has 2 rings (SSSR count). The van der Waals surface area contributed by atoms with E-state index in [-0.39, 0.29) is 12.6 Å². The van der Waals surface area contributed by atoms with E-state index >= 15 is 0 Å². The second-order valence-corrected chi connectivity index (χ2v) is 4.79. The lowest BCUT2D eigenvalue weighted by Gasteiger charge is -2.11. The Morgan fingerprint density at radius 3 is 2.42 bits per heavy atom. The number of aliphatic hydroxyl groups excluding tert-OH is 1. The van der Waals surface area contributed by atoms with Crippen molar-refractivity contribution in [1.82, 2.24) is 0 Å². The summed E-state index contributed by atoms with van der Waals surface area (Å²) < 4.78 is 5.69. The Morgan fingerprint density at radius 2 is 1.89 bits per heavy atom. The van der Waals surface area contributed by atoms with Gasteiger partial charge in [0.05, 0.1) is 11.6 Å². The van der Waals surface area contributed by atoms with E-state index in [0.717, 1.165) is 11.1 Å². The van der Waals surface area contributed by atoms with Crippen molar-refractivity contribution in [3.05, 3.63) is 58.6 Å². The topological polar surface area (TPSA) is 55.5 Å². The van der Waals surface area contributed by atoms with Crippen molar-refractivity contribution in [2.45, 2.75) is 19.6 Å². The van der Waals surface area contributed by atoms with E-state index in [0.29, 0.717) is 16.5 Å². The van der Waals surface area contributed by atoms with E-state index in [9.17, 15) is 0 Å². The fourth-order valence-electron chi connectivity index (χ4n) is 1.67. The van der Waals surface area contributed by atoms with Crippen LogP contribution in [0.15, 0.2) is 42.5 Å². The third-order valence-corrected chi connectivity index (χ3v) is 3.11. The van der Waals surface area contributed by atoms with Crippen LogP contribution in [-0.2, 0) is 6.61 Å². The van der Waals surface area contributed by atoms with Gasteiger partial charge in [-0.05, 0) is 42.3 Å². The summed E-state index contributed by atoms with van der Waals surface area (Å²) in [6.07, 6.45) is 0. The first-order chi connectivity index (χ1) is 9.10. The number of rotatable bonds is 4. The maximum Gasteiger partial charge on any atom is 0.146 e. The number of halogens is 1. The highest BCUT2D eigenvalue weighted by molar-refractivity contribution is 6.32. The maximum atomic E-state index is 8.97. The first kappa shape index (κ1) is 13.9. The summed E-state index contributed by atoms with van der Waals surface area (Å²) in [5.74, 6) is 1.26. The molecule has 19 heavy (non-hydrogen) atoms. The zero-order chi connectivity index (χ0) is 13.8. The highest BCUT2D eigenvalue weighted by atomic mass is 35.5. The number of nitrogens with two attached hydrogens (primary N) is 1. The Labute approximate surface area is 117 Å². The molecule has 4 heteroatoms. The van der Waals surface area contributed by atoms with Gasteiger partial charge in [0.25, 0.3) is 0 Å². The molecule has 0 amide bonds. The number of benzene rings is 2. The first-order valence-corrected chi connectivity index (χ1v) is 6.40. The minimum absolute atomic E-state index is 0.0180. The van der Waals surface area contributed by atoms with E-state index < -0.39 is 0 Å². The minimum atomic E-state index is -0.0598. The second kappa shape index (κ2) is 6.06. The van der Waals surface area contributed by atoms with E-state index in [1.54, 1.807) is 30.3 Å². The van der Waals surface area contributed by atoms with Crippen molar-refractivity contribution in [2.75, 3.05) is 0 Å². The van der Waals surface area contributed by atoms with Gasteiger partial charge in [0.2, 0.25) is 0 Å². The SMILES string of the molecule is CC(N)c1ccc(Oc2ccc(CO)cc2)c(Cl)c1. The molecule has 100 valence electrons. The van der Waals surface area contributed by atoms with Crippen LogP contribution in [0.3, 0.4) is 0 Å². The summed E-state index contributed by atoms with van der Waals surface area (Å²) in [7, 11) is 0. The summed E-state index contributed by atoms with van der Waals surface area (Å²) in [5, 5.41) is 9.50. The Morgan fingerprint density at radius 1 is 1.21 bits per heavy atom. The molecule has 0 saturated heterocycles. The van der Waals surface area contributed by atoms with Crippen molar-refractivity contribution >= 4 is 11.6 Å². The molecule has 0 saturated carbocycles. The molecule has 1 atom stereocenters. The van der Waals surface area contributed by atoms with E-state index in [4.69, 9.17) is 27.2 Å². The highest BCUT2D eigenvalue weighted by Gasteiger charge is 2.07. The molecule has 0 radical (unpaired) electrons. The van der Waals surface area contributed by atoms with Gasteiger partial charge in [-0.15, -0.1) is 0 Å². The van der Waals surface area contributed by atoms with Gasteiger partial charge in [-0.2, -0.15) is 0 Å². The summed E-state index contributed by atoms with van der Waals surface area (Å²) in [6, 6.07) is 12.6. The predicted octanol–water partition coefficient (Wildman–Crippen LogP) is 3.64. The Bertz CT molecular complexity index is 553. The summed E-state index contributed by atoms with van der Waals surface area (Å²) in [6.45, 7) is 1.92. The van der Waals surface area contributed by atoms with Crippen LogP contribution in [0.4, 0.5) is 0 Å². The molecule has 0 aliphatic heterocycles. The number of ether oxygens (including phenoxy) is 1. The van der Waals surface area contributed by atoms with Crippen molar-refractivity contribution in [1.29, 1.82) is 0 Å². The van der Waals surface area contributed by atoms with Crippen molar-refractivity contribution in [3.63, 3.8) is 0 Å². The third-order valence-electron chi connectivity index (χ3n) is 2.82. The van der Waals surface area contributed by atoms with Gasteiger partial charge < -0.3 is 15.6 Å². The highest BCUT2D eigenvalue weighted by Crippen LogP contribution is 2.31. The molecule has 0 spiro atoms. The fraction of sp³-hybridized carbons (Fsp3) is 0.200. The van der Waals surface area contributed by atoms with Gasteiger partial charge in [0.15, 0.2) is 0 Å². The second-order valence-electron chi connectivity index (χ2n) is 4.38. The molecular weight excluding hydrogens is 262 g/mol. The summed E-state index contributed by atoms with van der Waals surface area (Å²) in [4.78, 5) is 0. The molecule has 2 aromatic carbocycles. The molecule has 2 aromatic rings. The van der Waals surface area contributed by atoms with Crippen LogP contribution in [0.1, 0.15) is 24.1 Å². The fourth-order valence-corrected chi connectivity index (χ4v) is 1.90. The molecule has 3 N–H and O–H groups in total. The molecular formula is C15H16ClNO2. The minimum Gasteiger partial charge on any atom is -0.456 e. The van der Waals surface area contributed by atoms with Crippen LogP contribution in [0.25, 0.3) is 0 Å². The van der Waals surface area contributed by atoms with Gasteiger partial charge >= 0.3 is 0 Å². The molecule has 3 nitrogen and oxygen atoms in total. The first-order valence-electron chi connectivity index (χ1n) is 6.03. The Kier molecular flexibility index (Phi) is 4.43. The average molecular weight is 278 g/mol. The van der Waals surface area contributed by atoms with E-state index in [1.165, 1.54) is 0 Å². The lowest BCUT2D eigenvalue weighted by Crippen LogP contribution is -2.04. The van der Waals surface area contributed by atoms with Gasteiger partial charge in [-0.3, -0.25) is 0 Å². The summed E-state index contributed by atoms with van der Waals surface area (Å²) in [5.41, 5.74) is 7.60. The van der Waals surface area contributed by atoms with Crippen LogP contribution in [-0.4, -0.2) is 5.11 Å². The molecule has 0 aliphatic rings. The van der Waals surface area contributed by atoms with Crippen molar-refractivity contribution in [2.24, 2.45) is 5.73 Å². The zero-order valence-corrected chi connectivity index (χ0v) is 11.4. The van der Waals surface area contributed by atoms with Crippen LogP contribution >= 0.6 is 11.6 Å². The van der Waals surface area contributed by atoms with Gasteiger partial charge in [-0.25, -0.2) is 0 Å². The Balaban J connectivity index is 2.18. The average Bonchev–Trinajstić information content (AvgIpc) is 2.41. The monoisotopic (exact) mass is 277 g/mol. The molecule has 0 aliphatic carbocycles. The molecule has 0 fully saturated rings. The molecule has 0 heterocycles. The van der Waals surface area contributed by atoms with Crippen LogP contribution in [0.5, 0.6) is 11.5 Å². The van der Waals surface area contributed by atoms with Crippen LogP contribution < -0.4 is 10.5 Å². The van der Waals surface area contributed by atoms with Crippen molar-refractivity contribution < 1.29 is 9.84 Å². The van der Waals surface area contributed by atoms with Crippen LogP contribution in [0, 0.1) is 0 Å². The number of aliphatic hydroxyl groups is 1. The van der Waals surface area contributed by atoms with Crippen molar-refractivity contribution in [3.8, 4) is 11.5 Å². The number of hydrogen-bond acceptors (Lipinski definition) is 3. The van der Waals surface area contributed by atoms with Gasteiger partial charge in [-0.1, -0.05) is 29.8 Å². The van der Waals surface area contributed by atoms with Gasteiger partial charge in [0, 0.05) is 6.04 Å². The number of hydrogen-bond donors (Lipinski definition) is 2. The largest absolute Gasteiger partial charge is 0.456 e. The van der Waals surface area contributed by atoms with E-state index in [1.807, 2.05) is 19.1 Å². The smallest absolute Gasteiger partial charge is 0.146 e. The lowest BCUT2D eigenvalue weighted by atomic mass is 10.1. The standard InChI is InChI=1S/C15H16ClNO2/c1-10(17)12-4-7-15(14(16)8-12)19-13-5-2-11(9-18)3-6-13/h2-8,10,18H,9,17H2,1H3. The molecule has 0 aromatic heterocycles. The molecule has 1 unspecified atom stereocenters. The van der Waals surface area contributed by atoms with Gasteiger partial charge in [0.1, 0.15) is 11.5 Å². The zero-order valence-electron chi connectivity index (χ0n) is 10.6. The normalized spacial score (nSPS) is 12.2. The third kappa shape index (κ3) is 3.47. The van der Waals surface area contributed by atoms with E-state index in [2.05, 4.69) is 0 Å². The predicted molar refractivity (Wildman–Crippen MR) is 76.5 cm³/mol. The quantitative estimate of drug-likeness (QED) is 0.897. The van der Waals surface area contributed by atoms with Crippen LogP contribution in [0.2, 0.25) is 5.02 Å². The lowest BCUT2D eigenvalue weighted by molar-refractivity contribution is 0.281. The summed E-state index contributed by atoms with van der Waals surface area (Å²) >= 11 is 6.16. The maximum absolute atomic E-state index is 8.97. The molecule has 0 bridgehead atoms.